The average molecular weight is 448 g/mol. The van der Waals surface area contributed by atoms with Crippen molar-refractivity contribution in [3.63, 3.8) is 0 Å². The highest BCUT2D eigenvalue weighted by molar-refractivity contribution is 9.10. The van der Waals surface area contributed by atoms with Crippen molar-refractivity contribution in [2.75, 3.05) is 6.61 Å². The molecule has 4 nitrogen and oxygen atoms in total. The number of rotatable bonds is 7. The van der Waals surface area contributed by atoms with Gasteiger partial charge in [0.05, 0.1) is 13.0 Å². The molecule has 3 aromatic rings. The maximum absolute atomic E-state index is 13.7. The van der Waals surface area contributed by atoms with Crippen LogP contribution in [0.25, 0.3) is 10.9 Å². The molecule has 1 heterocycles. The highest BCUT2D eigenvalue weighted by atomic mass is 79.9. The van der Waals surface area contributed by atoms with Crippen LogP contribution in [0.4, 0.5) is 4.39 Å². The Bertz CT molecular complexity index is 997. The third-order valence-electron chi connectivity index (χ3n) is 4.47. The van der Waals surface area contributed by atoms with Crippen LogP contribution in [0.1, 0.15) is 37.9 Å². The lowest BCUT2D eigenvalue weighted by atomic mass is 10.1. The van der Waals surface area contributed by atoms with Crippen LogP contribution in [0.5, 0.6) is 5.75 Å². The number of carbonyl (C=O) groups is 1. The summed E-state index contributed by atoms with van der Waals surface area (Å²) in [5, 5.41) is 1.13. The van der Waals surface area contributed by atoms with Gasteiger partial charge in [-0.25, -0.2) is 4.39 Å². The molecule has 0 bridgehead atoms. The van der Waals surface area contributed by atoms with Gasteiger partial charge in [-0.05, 0) is 50.6 Å². The Labute approximate surface area is 172 Å². The van der Waals surface area contributed by atoms with E-state index in [1.807, 2.05) is 6.07 Å². The molecular formula is C22H23BrFNO3. The first-order valence-electron chi connectivity index (χ1n) is 9.24. The van der Waals surface area contributed by atoms with Crippen molar-refractivity contribution < 1.29 is 18.7 Å². The molecule has 6 heteroatoms. The molecule has 28 heavy (non-hydrogen) atoms. The number of hydrogen-bond acceptors (Lipinski definition) is 3. The van der Waals surface area contributed by atoms with Crippen molar-refractivity contribution in [3.8, 4) is 5.75 Å². The molecule has 2 aromatic carbocycles. The molecule has 0 spiro atoms. The predicted octanol–water partition coefficient (Wildman–Crippen LogP) is 5.81. The molecular weight excluding hydrogens is 425 g/mol. The Kier molecular flexibility index (Phi) is 6.39. The van der Waals surface area contributed by atoms with Crippen LogP contribution in [0.2, 0.25) is 0 Å². The van der Waals surface area contributed by atoms with Gasteiger partial charge in [0, 0.05) is 39.2 Å². The zero-order chi connectivity index (χ0) is 20.3. The van der Waals surface area contributed by atoms with Gasteiger partial charge in [0.25, 0.3) is 0 Å². The molecule has 3 rings (SSSR count). The van der Waals surface area contributed by atoms with Crippen LogP contribution in [0.3, 0.4) is 0 Å². The van der Waals surface area contributed by atoms with Gasteiger partial charge < -0.3 is 14.0 Å². The van der Waals surface area contributed by atoms with Gasteiger partial charge in [-0.3, -0.25) is 4.79 Å². The number of benzene rings is 2. The minimum absolute atomic E-state index is 0.0440. The maximum atomic E-state index is 13.7. The number of hydrogen-bond donors (Lipinski definition) is 0. The molecule has 148 valence electrons. The Morgan fingerprint density at radius 2 is 2.00 bits per heavy atom. The fourth-order valence-electron chi connectivity index (χ4n) is 3.14. The Balaban J connectivity index is 1.85. The van der Waals surface area contributed by atoms with Gasteiger partial charge in [-0.1, -0.05) is 22.0 Å². The van der Waals surface area contributed by atoms with E-state index in [4.69, 9.17) is 9.47 Å². The molecule has 0 aliphatic rings. The summed E-state index contributed by atoms with van der Waals surface area (Å²) in [7, 11) is 0. The van der Waals surface area contributed by atoms with Gasteiger partial charge >= 0.3 is 5.97 Å². The molecule has 0 radical (unpaired) electrons. The van der Waals surface area contributed by atoms with Gasteiger partial charge in [-0.2, -0.15) is 0 Å². The molecule has 0 fully saturated rings. The lowest BCUT2D eigenvalue weighted by Gasteiger charge is -2.14. The van der Waals surface area contributed by atoms with E-state index in [2.05, 4.69) is 52.7 Å². The fraction of sp³-hybridized carbons (Fsp3) is 0.318. The molecule has 0 aliphatic heterocycles. The summed E-state index contributed by atoms with van der Waals surface area (Å²) >= 11 is 3.62. The van der Waals surface area contributed by atoms with Crippen molar-refractivity contribution in [2.24, 2.45) is 0 Å². The first-order chi connectivity index (χ1) is 13.4. The molecule has 0 aliphatic carbocycles. The lowest BCUT2D eigenvalue weighted by molar-refractivity contribution is -0.142. The van der Waals surface area contributed by atoms with E-state index in [1.54, 1.807) is 13.0 Å². The minimum Gasteiger partial charge on any atom is -0.488 e. The first kappa shape index (κ1) is 20.4. The summed E-state index contributed by atoms with van der Waals surface area (Å²) in [6.07, 6.45) is 2.11. The predicted molar refractivity (Wildman–Crippen MR) is 111 cm³/mol. The summed E-state index contributed by atoms with van der Waals surface area (Å²) in [6, 6.07) is 10.7. The van der Waals surface area contributed by atoms with E-state index in [0.29, 0.717) is 24.0 Å². The van der Waals surface area contributed by atoms with Crippen LogP contribution in [-0.4, -0.2) is 17.1 Å². The van der Waals surface area contributed by atoms with E-state index < -0.39 is 5.82 Å². The third-order valence-corrected chi connectivity index (χ3v) is 5.12. The number of esters is 1. The number of halogens is 2. The standard InChI is InChI=1S/C22H23BrFNO3/c1-4-27-22(26)11-16-5-6-17(24)12-21(16)28-13-15-9-19(23)18-7-8-25(14(2)3)20(18)10-15/h5-10,12,14H,4,11,13H2,1-3H3. The Morgan fingerprint density at radius 1 is 1.21 bits per heavy atom. The molecule has 0 N–H and O–H groups in total. The molecule has 0 saturated heterocycles. The second-order valence-electron chi connectivity index (χ2n) is 6.85. The van der Waals surface area contributed by atoms with Crippen molar-refractivity contribution in [3.05, 3.63) is 64.0 Å². The van der Waals surface area contributed by atoms with Crippen LogP contribution in [0, 0.1) is 5.82 Å². The number of ether oxygens (including phenoxy) is 2. The van der Waals surface area contributed by atoms with Gasteiger partial charge in [0.15, 0.2) is 0 Å². The van der Waals surface area contributed by atoms with E-state index in [-0.39, 0.29) is 19.0 Å². The Morgan fingerprint density at radius 3 is 2.71 bits per heavy atom. The molecule has 0 saturated carbocycles. The lowest BCUT2D eigenvalue weighted by Crippen LogP contribution is -2.09. The van der Waals surface area contributed by atoms with Crippen molar-refractivity contribution in [1.29, 1.82) is 0 Å². The Hall–Kier alpha value is -2.34. The second-order valence-corrected chi connectivity index (χ2v) is 7.70. The first-order valence-corrected chi connectivity index (χ1v) is 10.0. The van der Waals surface area contributed by atoms with Crippen LogP contribution >= 0.6 is 15.9 Å². The van der Waals surface area contributed by atoms with Crippen LogP contribution < -0.4 is 4.74 Å². The van der Waals surface area contributed by atoms with E-state index >= 15 is 0 Å². The monoisotopic (exact) mass is 447 g/mol. The summed E-state index contributed by atoms with van der Waals surface area (Å²) in [6.45, 7) is 6.58. The summed E-state index contributed by atoms with van der Waals surface area (Å²) in [4.78, 5) is 11.8. The molecule has 1 aromatic heterocycles. The van der Waals surface area contributed by atoms with Crippen molar-refractivity contribution in [1.82, 2.24) is 4.57 Å². The molecule has 0 atom stereocenters. The fourth-order valence-corrected chi connectivity index (χ4v) is 3.77. The summed E-state index contributed by atoms with van der Waals surface area (Å²) in [5.74, 6) is -0.422. The number of nitrogens with zero attached hydrogens (tertiary/aromatic N) is 1. The van der Waals surface area contributed by atoms with Crippen molar-refractivity contribution >= 4 is 32.8 Å². The zero-order valence-corrected chi connectivity index (χ0v) is 17.8. The second kappa shape index (κ2) is 8.78. The largest absolute Gasteiger partial charge is 0.488 e. The van der Waals surface area contributed by atoms with Gasteiger partial charge in [0.1, 0.15) is 18.2 Å². The van der Waals surface area contributed by atoms with Crippen molar-refractivity contribution in [2.45, 2.75) is 39.8 Å². The maximum Gasteiger partial charge on any atom is 0.310 e. The highest BCUT2D eigenvalue weighted by Gasteiger charge is 2.13. The van der Waals surface area contributed by atoms with E-state index in [0.717, 1.165) is 20.9 Å². The number of carbonyl (C=O) groups excluding carboxylic acids is 1. The molecule has 0 unspecified atom stereocenters. The smallest absolute Gasteiger partial charge is 0.310 e. The number of aromatic nitrogens is 1. The van der Waals surface area contributed by atoms with E-state index in [1.165, 1.54) is 12.1 Å². The summed E-state index contributed by atoms with van der Waals surface area (Å²) in [5.41, 5.74) is 2.66. The zero-order valence-electron chi connectivity index (χ0n) is 16.2. The topological polar surface area (TPSA) is 40.5 Å². The van der Waals surface area contributed by atoms with Gasteiger partial charge in [-0.15, -0.1) is 0 Å². The van der Waals surface area contributed by atoms with Crippen LogP contribution in [-0.2, 0) is 22.6 Å². The SMILES string of the molecule is CCOC(=O)Cc1ccc(F)cc1OCc1cc(Br)c2ccn(C(C)C)c2c1. The quantitative estimate of drug-likeness (QED) is 0.429. The average Bonchev–Trinajstić information content (AvgIpc) is 3.07. The van der Waals surface area contributed by atoms with Gasteiger partial charge in [0.2, 0.25) is 0 Å². The van der Waals surface area contributed by atoms with E-state index in [9.17, 15) is 9.18 Å². The third kappa shape index (κ3) is 4.55. The molecule has 0 amide bonds. The highest BCUT2D eigenvalue weighted by Crippen LogP contribution is 2.30. The normalized spacial score (nSPS) is 11.2. The minimum atomic E-state index is -0.409. The summed E-state index contributed by atoms with van der Waals surface area (Å²) < 4.78 is 27.8. The van der Waals surface area contributed by atoms with Crippen LogP contribution in [0.15, 0.2) is 47.1 Å². The number of fused-ring (bicyclic) bond motifs is 1.